The molecule has 1 atom stereocenters. The van der Waals surface area contributed by atoms with Gasteiger partial charge in [-0.05, 0) is 42.9 Å². The SMILES string of the molecule is O=C(CCc1ccc(C(F)(F)F)cc1)N1CCCC(CO)C1. The van der Waals surface area contributed by atoms with Crippen molar-refractivity contribution in [3.63, 3.8) is 0 Å². The van der Waals surface area contributed by atoms with Crippen molar-refractivity contribution in [1.29, 1.82) is 0 Å². The van der Waals surface area contributed by atoms with Crippen LogP contribution in [0.1, 0.15) is 30.4 Å². The highest BCUT2D eigenvalue weighted by atomic mass is 19.4. The fourth-order valence-corrected chi connectivity index (χ4v) is 2.71. The van der Waals surface area contributed by atoms with Crippen molar-refractivity contribution >= 4 is 5.91 Å². The van der Waals surface area contributed by atoms with E-state index in [1.807, 2.05) is 0 Å². The van der Waals surface area contributed by atoms with Gasteiger partial charge in [-0.2, -0.15) is 13.2 Å². The number of likely N-dealkylation sites (tertiary alicyclic amines) is 1. The monoisotopic (exact) mass is 315 g/mol. The van der Waals surface area contributed by atoms with Crippen molar-refractivity contribution in [3.05, 3.63) is 35.4 Å². The Morgan fingerprint density at radius 2 is 1.95 bits per heavy atom. The number of amides is 1. The number of alkyl halides is 3. The van der Waals surface area contributed by atoms with Gasteiger partial charge in [0.2, 0.25) is 5.91 Å². The van der Waals surface area contributed by atoms with Crippen molar-refractivity contribution in [2.45, 2.75) is 31.9 Å². The van der Waals surface area contributed by atoms with E-state index >= 15 is 0 Å². The van der Waals surface area contributed by atoms with Gasteiger partial charge in [0.25, 0.3) is 0 Å². The van der Waals surface area contributed by atoms with Crippen molar-refractivity contribution in [2.75, 3.05) is 19.7 Å². The molecule has 1 aliphatic heterocycles. The second kappa shape index (κ2) is 7.13. The van der Waals surface area contributed by atoms with Crippen LogP contribution >= 0.6 is 0 Å². The van der Waals surface area contributed by atoms with E-state index in [1.54, 1.807) is 4.90 Å². The Bertz CT molecular complexity index is 499. The zero-order valence-corrected chi connectivity index (χ0v) is 12.3. The fraction of sp³-hybridized carbons (Fsp3) is 0.562. The summed E-state index contributed by atoms with van der Waals surface area (Å²) in [5.74, 6) is 0.141. The molecule has 1 aromatic rings. The molecule has 1 amide bonds. The number of aryl methyl sites for hydroxylation is 1. The maximum absolute atomic E-state index is 12.5. The smallest absolute Gasteiger partial charge is 0.396 e. The number of rotatable bonds is 4. The van der Waals surface area contributed by atoms with Crippen LogP contribution in [0.3, 0.4) is 0 Å². The number of aliphatic hydroxyl groups is 1. The summed E-state index contributed by atoms with van der Waals surface area (Å²) in [4.78, 5) is 13.9. The van der Waals surface area contributed by atoms with Gasteiger partial charge in [-0.1, -0.05) is 12.1 Å². The van der Waals surface area contributed by atoms with Crippen molar-refractivity contribution in [2.24, 2.45) is 5.92 Å². The first-order chi connectivity index (χ1) is 10.4. The second-order valence-corrected chi connectivity index (χ2v) is 5.73. The number of aliphatic hydroxyl groups excluding tert-OH is 1. The predicted molar refractivity (Wildman–Crippen MR) is 76.2 cm³/mol. The first-order valence-electron chi connectivity index (χ1n) is 7.45. The number of nitrogens with zero attached hydrogens (tertiary/aromatic N) is 1. The Hall–Kier alpha value is -1.56. The largest absolute Gasteiger partial charge is 0.416 e. The Morgan fingerprint density at radius 3 is 2.55 bits per heavy atom. The average molecular weight is 315 g/mol. The van der Waals surface area contributed by atoms with Crippen LogP contribution in [-0.2, 0) is 17.4 Å². The van der Waals surface area contributed by atoms with E-state index in [4.69, 9.17) is 5.11 Å². The molecule has 1 fully saturated rings. The summed E-state index contributed by atoms with van der Waals surface area (Å²) >= 11 is 0. The maximum atomic E-state index is 12.5. The molecular weight excluding hydrogens is 295 g/mol. The quantitative estimate of drug-likeness (QED) is 0.928. The Balaban J connectivity index is 1.86. The zero-order valence-electron chi connectivity index (χ0n) is 12.3. The molecule has 122 valence electrons. The molecule has 1 aromatic carbocycles. The number of benzene rings is 1. The van der Waals surface area contributed by atoms with Crippen molar-refractivity contribution in [1.82, 2.24) is 4.90 Å². The van der Waals surface area contributed by atoms with E-state index < -0.39 is 11.7 Å². The third-order valence-corrected chi connectivity index (χ3v) is 4.04. The zero-order chi connectivity index (χ0) is 16.2. The fourth-order valence-electron chi connectivity index (χ4n) is 2.71. The van der Waals surface area contributed by atoms with Gasteiger partial charge in [0.05, 0.1) is 5.56 Å². The van der Waals surface area contributed by atoms with Crippen LogP contribution in [-0.4, -0.2) is 35.6 Å². The summed E-state index contributed by atoms with van der Waals surface area (Å²) < 4.78 is 37.4. The summed E-state index contributed by atoms with van der Waals surface area (Å²) in [5, 5.41) is 9.16. The Morgan fingerprint density at radius 1 is 1.27 bits per heavy atom. The molecule has 2 rings (SSSR count). The van der Waals surface area contributed by atoms with Gasteiger partial charge >= 0.3 is 6.18 Å². The third kappa shape index (κ3) is 4.47. The van der Waals surface area contributed by atoms with Gasteiger partial charge in [-0.25, -0.2) is 0 Å². The molecule has 1 N–H and O–H groups in total. The van der Waals surface area contributed by atoms with Gasteiger partial charge in [-0.15, -0.1) is 0 Å². The highest BCUT2D eigenvalue weighted by Crippen LogP contribution is 2.29. The number of piperidine rings is 1. The molecule has 0 radical (unpaired) electrons. The molecule has 0 saturated carbocycles. The molecule has 22 heavy (non-hydrogen) atoms. The minimum atomic E-state index is -4.33. The first-order valence-corrected chi connectivity index (χ1v) is 7.45. The van der Waals surface area contributed by atoms with Gasteiger partial charge in [0.1, 0.15) is 0 Å². The summed E-state index contributed by atoms with van der Waals surface area (Å²) in [6, 6.07) is 4.93. The lowest BCUT2D eigenvalue weighted by atomic mass is 9.98. The second-order valence-electron chi connectivity index (χ2n) is 5.73. The van der Waals surface area contributed by atoms with E-state index in [9.17, 15) is 18.0 Å². The molecule has 0 bridgehead atoms. The predicted octanol–water partition coefficient (Wildman–Crippen LogP) is 2.87. The van der Waals surface area contributed by atoms with E-state index in [0.29, 0.717) is 19.5 Å². The topological polar surface area (TPSA) is 40.5 Å². The first kappa shape index (κ1) is 16.8. The van der Waals surface area contributed by atoms with Crippen LogP contribution in [0.5, 0.6) is 0 Å². The molecule has 3 nitrogen and oxygen atoms in total. The highest BCUT2D eigenvalue weighted by molar-refractivity contribution is 5.76. The van der Waals surface area contributed by atoms with E-state index in [2.05, 4.69) is 0 Å². The van der Waals surface area contributed by atoms with Crippen LogP contribution in [0, 0.1) is 5.92 Å². The van der Waals surface area contributed by atoms with Gasteiger partial charge in [-0.3, -0.25) is 4.79 Å². The molecule has 0 aliphatic carbocycles. The lowest BCUT2D eigenvalue weighted by Gasteiger charge is -2.32. The summed E-state index contributed by atoms with van der Waals surface area (Å²) in [7, 11) is 0. The molecule has 1 saturated heterocycles. The molecule has 0 spiro atoms. The van der Waals surface area contributed by atoms with Crippen LogP contribution in [0.4, 0.5) is 13.2 Å². The van der Waals surface area contributed by atoms with Crippen LogP contribution in [0.2, 0.25) is 0 Å². The summed E-state index contributed by atoms with van der Waals surface area (Å²) in [5.41, 5.74) is 0.0430. The minimum Gasteiger partial charge on any atom is -0.396 e. The lowest BCUT2D eigenvalue weighted by molar-refractivity contribution is -0.137. The van der Waals surface area contributed by atoms with Gasteiger partial charge in [0.15, 0.2) is 0 Å². The van der Waals surface area contributed by atoms with Crippen molar-refractivity contribution < 1.29 is 23.1 Å². The summed E-state index contributed by atoms with van der Waals surface area (Å²) in [6.07, 6.45) is -1.81. The minimum absolute atomic E-state index is 0.00181. The number of hydrogen-bond acceptors (Lipinski definition) is 2. The van der Waals surface area contributed by atoms with Crippen molar-refractivity contribution in [3.8, 4) is 0 Å². The van der Waals surface area contributed by atoms with E-state index in [-0.39, 0.29) is 24.9 Å². The lowest BCUT2D eigenvalue weighted by Crippen LogP contribution is -2.41. The van der Waals surface area contributed by atoms with Crippen LogP contribution < -0.4 is 0 Å². The molecule has 6 heteroatoms. The Kier molecular flexibility index (Phi) is 5.45. The molecular formula is C16H20F3NO2. The number of carbonyl (C=O) groups excluding carboxylic acids is 1. The number of hydrogen-bond donors (Lipinski definition) is 1. The highest BCUT2D eigenvalue weighted by Gasteiger charge is 2.30. The van der Waals surface area contributed by atoms with Gasteiger partial charge < -0.3 is 10.0 Å². The normalized spacial score (nSPS) is 19.3. The molecule has 1 heterocycles. The third-order valence-electron chi connectivity index (χ3n) is 4.04. The van der Waals surface area contributed by atoms with E-state index in [0.717, 1.165) is 30.5 Å². The van der Waals surface area contributed by atoms with Crippen LogP contribution in [0.15, 0.2) is 24.3 Å². The molecule has 1 unspecified atom stereocenters. The van der Waals surface area contributed by atoms with E-state index in [1.165, 1.54) is 12.1 Å². The summed E-state index contributed by atoms with van der Waals surface area (Å²) in [6.45, 7) is 1.35. The number of carbonyl (C=O) groups is 1. The molecule has 1 aliphatic rings. The average Bonchev–Trinajstić information content (AvgIpc) is 2.52. The molecule has 0 aromatic heterocycles. The Labute approximate surface area is 127 Å². The standard InChI is InChI=1S/C16H20F3NO2/c17-16(18,19)14-6-3-12(4-7-14)5-8-15(22)20-9-1-2-13(10-20)11-21/h3-4,6-7,13,21H,1-2,5,8-11H2. The van der Waals surface area contributed by atoms with Gasteiger partial charge in [0, 0.05) is 26.1 Å². The maximum Gasteiger partial charge on any atom is 0.416 e. The number of halogens is 3. The van der Waals surface area contributed by atoms with Crippen LogP contribution in [0.25, 0.3) is 0 Å².